The van der Waals surface area contributed by atoms with E-state index < -0.39 is 0 Å². The fourth-order valence-corrected chi connectivity index (χ4v) is 7.56. The Morgan fingerprint density at radius 3 is 2.51 bits per heavy atom. The SMILES string of the molecule is O=C(CCCCC1SC[C@@H]2NC(=O)N[C@H]12)NCCCCCCNC(=O)CCSSc1ccccn1. The van der Waals surface area contributed by atoms with Crippen LogP contribution in [-0.4, -0.2) is 64.8 Å². The molecule has 194 valence electrons. The van der Waals surface area contributed by atoms with E-state index in [2.05, 4.69) is 26.3 Å². The molecule has 1 unspecified atom stereocenters. The van der Waals surface area contributed by atoms with Gasteiger partial charge in [0.25, 0.3) is 0 Å². The van der Waals surface area contributed by atoms with E-state index in [-0.39, 0.29) is 29.9 Å². The maximum absolute atomic E-state index is 12.0. The number of carbonyl (C=O) groups is 3. The number of unbranched alkanes of at least 4 members (excludes halogenated alkanes) is 4. The first-order valence-electron chi connectivity index (χ1n) is 12.5. The number of aromatic nitrogens is 1. The maximum Gasteiger partial charge on any atom is 0.315 e. The predicted molar refractivity (Wildman–Crippen MR) is 146 cm³/mol. The van der Waals surface area contributed by atoms with Crippen molar-refractivity contribution in [3.8, 4) is 0 Å². The van der Waals surface area contributed by atoms with Crippen molar-refractivity contribution in [1.82, 2.24) is 26.3 Å². The van der Waals surface area contributed by atoms with Crippen LogP contribution < -0.4 is 21.3 Å². The van der Waals surface area contributed by atoms with Crippen LogP contribution in [0.5, 0.6) is 0 Å². The molecule has 8 nitrogen and oxygen atoms in total. The largest absolute Gasteiger partial charge is 0.356 e. The average molecular weight is 540 g/mol. The number of urea groups is 1. The Kier molecular flexibility index (Phi) is 13.0. The summed E-state index contributed by atoms with van der Waals surface area (Å²) in [6.45, 7) is 1.43. The number of nitrogens with one attached hydrogen (secondary N) is 4. The quantitative estimate of drug-likeness (QED) is 0.136. The predicted octanol–water partition coefficient (Wildman–Crippen LogP) is 3.73. The van der Waals surface area contributed by atoms with Gasteiger partial charge in [0.2, 0.25) is 11.8 Å². The molecule has 3 atom stereocenters. The molecular weight excluding hydrogens is 502 g/mol. The number of carbonyl (C=O) groups excluding carboxylic acids is 3. The minimum atomic E-state index is -0.0452. The normalized spacial score (nSPS) is 20.7. The van der Waals surface area contributed by atoms with Crippen molar-refractivity contribution in [2.24, 2.45) is 0 Å². The number of hydrogen-bond donors (Lipinski definition) is 4. The van der Waals surface area contributed by atoms with Gasteiger partial charge < -0.3 is 21.3 Å². The highest BCUT2D eigenvalue weighted by Crippen LogP contribution is 2.33. The molecule has 1 aromatic rings. The summed E-state index contributed by atoms with van der Waals surface area (Å²) in [6.07, 6.45) is 9.84. The topological polar surface area (TPSA) is 112 Å². The van der Waals surface area contributed by atoms with E-state index in [4.69, 9.17) is 0 Å². The monoisotopic (exact) mass is 539 g/mol. The van der Waals surface area contributed by atoms with Gasteiger partial charge in [-0.25, -0.2) is 9.78 Å². The van der Waals surface area contributed by atoms with Crippen molar-refractivity contribution in [1.29, 1.82) is 0 Å². The number of pyridine rings is 1. The minimum Gasteiger partial charge on any atom is -0.356 e. The van der Waals surface area contributed by atoms with Crippen molar-refractivity contribution in [2.45, 2.75) is 80.1 Å². The van der Waals surface area contributed by atoms with Crippen molar-refractivity contribution in [3.05, 3.63) is 24.4 Å². The molecule has 0 aliphatic carbocycles. The summed E-state index contributed by atoms with van der Waals surface area (Å²) in [4.78, 5) is 39.6. The molecule has 3 rings (SSSR count). The fraction of sp³-hybridized carbons (Fsp3) is 0.667. The Morgan fingerprint density at radius 2 is 1.77 bits per heavy atom. The molecule has 4 N–H and O–H groups in total. The van der Waals surface area contributed by atoms with Gasteiger partial charge in [0.05, 0.1) is 12.1 Å². The van der Waals surface area contributed by atoms with Gasteiger partial charge in [-0.05, 0) is 48.6 Å². The molecule has 2 aliphatic heterocycles. The van der Waals surface area contributed by atoms with Crippen LogP contribution in [0.4, 0.5) is 4.79 Å². The number of rotatable bonds is 17. The van der Waals surface area contributed by atoms with E-state index in [0.717, 1.165) is 68.0 Å². The molecule has 0 spiro atoms. The highest BCUT2D eigenvalue weighted by molar-refractivity contribution is 8.76. The molecule has 1 aromatic heterocycles. The smallest absolute Gasteiger partial charge is 0.315 e. The zero-order chi connectivity index (χ0) is 24.7. The summed E-state index contributed by atoms with van der Waals surface area (Å²) >= 11 is 1.92. The van der Waals surface area contributed by atoms with Crippen LogP contribution >= 0.6 is 33.3 Å². The highest BCUT2D eigenvalue weighted by atomic mass is 33.1. The van der Waals surface area contributed by atoms with Gasteiger partial charge >= 0.3 is 6.03 Å². The van der Waals surface area contributed by atoms with E-state index in [1.807, 2.05) is 30.0 Å². The first-order valence-corrected chi connectivity index (χ1v) is 15.9. The maximum atomic E-state index is 12.0. The van der Waals surface area contributed by atoms with E-state index in [9.17, 15) is 14.4 Å². The zero-order valence-electron chi connectivity index (χ0n) is 20.1. The third-order valence-electron chi connectivity index (χ3n) is 6.02. The third kappa shape index (κ3) is 10.9. The molecule has 35 heavy (non-hydrogen) atoms. The van der Waals surface area contributed by atoms with Gasteiger partial charge in [0.15, 0.2) is 0 Å². The molecule has 3 heterocycles. The molecule has 2 saturated heterocycles. The Morgan fingerprint density at radius 1 is 1.00 bits per heavy atom. The van der Waals surface area contributed by atoms with Crippen molar-refractivity contribution >= 4 is 51.2 Å². The standard InChI is InChI=1S/C24H37N5O3S3/c30-20(10-4-3-9-19-23-18(17-33-19)28-24(32)29-23)25-13-6-1-2-7-14-26-21(31)12-16-34-35-22-11-5-8-15-27-22/h5,8,11,15,18-19,23H,1-4,6-7,9-10,12-14,16-17H2,(H,25,30)(H,26,31)(H2,28,29,32)/t18-,19?,23-/m0/s1. The summed E-state index contributed by atoms with van der Waals surface area (Å²) in [5.41, 5.74) is 0. The number of fused-ring (bicyclic) bond motifs is 1. The van der Waals surface area contributed by atoms with Gasteiger partial charge in [-0.2, -0.15) is 11.8 Å². The average Bonchev–Trinajstić information content (AvgIpc) is 3.41. The Labute approximate surface area is 220 Å². The molecule has 0 aromatic carbocycles. The summed E-state index contributed by atoms with van der Waals surface area (Å²) in [6, 6.07) is 6.28. The van der Waals surface area contributed by atoms with Crippen LogP contribution in [0.2, 0.25) is 0 Å². The molecule has 0 saturated carbocycles. The molecule has 4 amide bonds. The lowest BCUT2D eigenvalue weighted by molar-refractivity contribution is -0.121. The zero-order valence-corrected chi connectivity index (χ0v) is 22.6. The molecule has 0 radical (unpaired) electrons. The summed E-state index contributed by atoms with van der Waals surface area (Å²) in [5, 5.41) is 13.4. The Balaban J connectivity index is 1.06. The van der Waals surface area contributed by atoms with Crippen molar-refractivity contribution in [2.75, 3.05) is 24.6 Å². The molecular formula is C24H37N5O3S3. The molecule has 11 heteroatoms. The summed E-state index contributed by atoms with van der Waals surface area (Å²) in [5.74, 6) is 1.97. The first kappa shape index (κ1) is 28.0. The molecule has 0 bridgehead atoms. The molecule has 2 fully saturated rings. The Bertz CT molecular complexity index is 802. The minimum absolute atomic E-state index is 0.0452. The van der Waals surface area contributed by atoms with Crippen LogP contribution in [0, 0.1) is 0 Å². The van der Waals surface area contributed by atoms with Crippen LogP contribution in [0.1, 0.15) is 57.8 Å². The van der Waals surface area contributed by atoms with E-state index in [0.29, 0.717) is 24.6 Å². The first-order chi connectivity index (χ1) is 17.1. The van der Waals surface area contributed by atoms with Crippen LogP contribution in [0.25, 0.3) is 0 Å². The van der Waals surface area contributed by atoms with Gasteiger partial charge in [-0.3, -0.25) is 9.59 Å². The summed E-state index contributed by atoms with van der Waals surface area (Å²) in [7, 11) is 3.24. The second-order valence-corrected chi connectivity index (χ2v) is 12.5. The van der Waals surface area contributed by atoms with Crippen LogP contribution in [0.3, 0.4) is 0 Å². The summed E-state index contributed by atoms with van der Waals surface area (Å²) < 4.78 is 0. The van der Waals surface area contributed by atoms with Crippen molar-refractivity contribution < 1.29 is 14.4 Å². The van der Waals surface area contributed by atoms with Gasteiger partial charge in [0.1, 0.15) is 5.03 Å². The van der Waals surface area contributed by atoms with Crippen molar-refractivity contribution in [3.63, 3.8) is 0 Å². The lowest BCUT2D eigenvalue weighted by Crippen LogP contribution is -2.36. The van der Waals surface area contributed by atoms with Gasteiger partial charge in [-0.1, -0.05) is 36.1 Å². The number of thioether (sulfide) groups is 1. The molecule has 2 aliphatic rings. The van der Waals surface area contributed by atoms with E-state index in [1.54, 1.807) is 27.8 Å². The third-order valence-corrected chi connectivity index (χ3v) is 9.80. The van der Waals surface area contributed by atoms with Gasteiger partial charge in [0, 0.05) is 48.9 Å². The number of nitrogens with zero attached hydrogens (tertiary/aromatic N) is 1. The Hall–Kier alpha value is -1.59. The van der Waals surface area contributed by atoms with E-state index >= 15 is 0 Å². The second kappa shape index (κ2) is 16.2. The van der Waals surface area contributed by atoms with Crippen LogP contribution in [-0.2, 0) is 9.59 Å². The number of amides is 4. The van der Waals surface area contributed by atoms with E-state index in [1.165, 1.54) is 0 Å². The van der Waals surface area contributed by atoms with Gasteiger partial charge in [-0.15, -0.1) is 0 Å². The fourth-order valence-electron chi connectivity index (χ4n) is 4.14. The highest BCUT2D eigenvalue weighted by Gasteiger charge is 2.42. The van der Waals surface area contributed by atoms with Crippen LogP contribution in [0.15, 0.2) is 29.4 Å². The lowest BCUT2D eigenvalue weighted by Gasteiger charge is -2.16. The lowest BCUT2D eigenvalue weighted by atomic mass is 10.0. The second-order valence-electron chi connectivity index (χ2n) is 8.81. The number of hydrogen-bond acceptors (Lipinski definition) is 7.